The molecular weight excluding hydrogens is 484 g/mol. The van der Waals surface area contributed by atoms with Crippen molar-refractivity contribution in [3.05, 3.63) is 87.5 Å². The van der Waals surface area contributed by atoms with Crippen LogP contribution in [0.25, 0.3) is 11.1 Å². The molecule has 2 aromatic carbocycles. The van der Waals surface area contributed by atoms with Crippen molar-refractivity contribution in [3.8, 4) is 0 Å². The van der Waals surface area contributed by atoms with E-state index in [-0.39, 0.29) is 0 Å². The Labute approximate surface area is 246 Å². The first-order chi connectivity index (χ1) is 19.7. The largest absolute Gasteiger partial charge is 0.348 e. The molecule has 2 nitrogen and oxygen atoms in total. The summed E-state index contributed by atoms with van der Waals surface area (Å²) in [5.41, 5.74) is 18.7. The third-order valence-corrected chi connectivity index (χ3v) is 8.01. The van der Waals surface area contributed by atoms with Crippen LogP contribution in [0.3, 0.4) is 0 Å². The second-order valence-electron chi connectivity index (χ2n) is 11.5. The van der Waals surface area contributed by atoms with E-state index in [1.54, 1.807) is 0 Å². The number of rotatable bonds is 21. The van der Waals surface area contributed by atoms with Gasteiger partial charge in [0.2, 0.25) is 0 Å². The van der Waals surface area contributed by atoms with Gasteiger partial charge in [0.15, 0.2) is 0 Å². The number of hydrogen-bond donors (Lipinski definition) is 0. The maximum atomic E-state index is 9.63. The van der Waals surface area contributed by atoms with Gasteiger partial charge in [-0.2, -0.15) is 0 Å². The van der Waals surface area contributed by atoms with Crippen LogP contribution in [0.1, 0.15) is 153 Å². The summed E-state index contributed by atoms with van der Waals surface area (Å²) >= 11 is 0. The molecular formula is C38H56N2. The van der Waals surface area contributed by atoms with Crippen molar-refractivity contribution in [2.24, 2.45) is 0 Å². The third-order valence-electron chi connectivity index (χ3n) is 8.01. The molecule has 0 radical (unpaired) electrons. The minimum Gasteiger partial charge on any atom is -0.348 e. The fourth-order valence-electron chi connectivity index (χ4n) is 5.57. The van der Waals surface area contributed by atoms with Gasteiger partial charge in [0.25, 0.3) is 0 Å². The van der Waals surface area contributed by atoms with Crippen molar-refractivity contribution in [2.75, 3.05) is 0 Å². The zero-order valence-corrected chi connectivity index (χ0v) is 26.2. The lowest BCUT2D eigenvalue weighted by Crippen LogP contribution is -2.02. The molecule has 218 valence electrons. The van der Waals surface area contributed by atoms with Crippen LogP contribution in [0.5, 0.6) is 0 Å². The quantitative estimate of drug-likeness (QED) is 0.0496. The van der Waals surface area contributed by atoms with E-state index in [1.165, 1.54) is 104 Å². The molecule has 2 aromatic rings. The fraction of sp³-hybridized carbons (Fsp3) is 0.579. The predicted octanol–water partition coefficient (Wildman–Crippen LogP) is 11.7. The van der Waals surface area contributed by atoms with Gasteiger partial charge in [-0.1, -0.05) is 140 Å². The van der Waals surface area contributed by atoms with Crippen molar-refractivity contribution >= 4 is 11.4 Å². The minimum absolute atomic E-state index is 0.888. The van der Waals surface area contributed by atoms with E-state index in [2.05, 4.69) is 86.9 Å². The molecule has 2 heteroatoms. The van der Waals surface area contributed by atoms with Crippen LogP contribution in [-0.2, 0) is 12.8 Å². The van der Waals surface area contributed by atoms with Crippen LogP contribution >= 0.6 is 0 Å². The van der Waals surface area contributed by atoms with Gasteiger partial charge < -0.3 is 5.53 Å². The summed E-state index contributed by atoms with van der Waals surface area (Å²) in [7, 11) is 0. The first-order valence-corrected chi connectivity index (χ1v) is 16.6. The van der Waals surface area contributed by atoms with Crippen molar-refractivity contribution < 1.29 is 4.79 Å². The SMILES string of the molecule is CCCCCCCCc1cccc(C(=C(CCCCCC)C(=C=[N+]=[N-])CCCC)c2ccc(CCCC)cc2)c1. The Kier molecular flexibility index (Phi) is 17.7. The second-order valence-corrected chi connectivity index (χ2v) is 11.5. The molecule has 0 fully saturated rings. The summed E-state index contributed by atoms with van der Waals surface area (Å²) in [6.45, 7) is 9.02. The van der Waals surface area contributed by atoms with E-state index < -0.39 is 0 Å². The van der Waals surface area contributed by atoms with Crippen molar-refractivity contribution in [3.63, 3.8) is 0 Å². The van der Waals surface area contributed by atoms with E-state index in [0.29, 0.717) is 0 Å². The average molecular weight is 541 g/mol. The van der Waals surface area contributed by atoms with Gasteiger partial charge in [0, 0.05) is 0 Å². The van der Waals surface area contributed by atoms with Crippen molar-refractivity contribution in [2.45, 2.75) is 143 Å². The molecule has 0 aliphatic rings. The van der Waals surface area contributed by atoms with Gasteiger partial charge in [-0.3, -0.25) is 0 Å². The van der Waals surface area contributed by atoms with Crippen LogP contribution in [-0.4, -0.2) is 10.7 Å². The average Bonchev–Trinajstić information content (AvgIpc) is 2.98. The Bertz CT molecular complexity index is 1080. The monoisotopic (exact) mass is 540 g/mol. The third kappa shape index (κ3) is 12.2. The van der Waals surface area contributed by atoms with Gasteiger partial charge in [0.1, 0.15) is 0 Å². The summed E-state index contributed by atoms with van der Waals surface area (Å²) in [5, 5.41) is 0. The van der Waals surface area contributed by atoms with Gasteiger partial charge in [-0.25, -0.2) is 0 Å². The number of hydrogen-bond acceptors (Lipinski definition) is 0. The highest BCUT2D eigenvalue weighted by atomic mass is 14.8. The Morgan fingerprint density at radius 3 is 1.90 bits per heavy atom. The molecule has 0 atom stereocenters. The van der Waals surface area contributed by atoms with Crippen molar-refractivity contribution in [1.29, 1.82) is 0 Å². The number of aryl methyl sites for hydroxylation is 2. The summed E-state index contributed by atoms with van der Waals surface area (Å²) in [4.78, 5) is 3.44. The number of nitrogens with zero attached hydrogens (tertiary/aromatic N) is 2. The van der Waals surface area contributed by atoms with Crippen molar-refractivity contribution in [1.82, 2.24) is 0 Å². The van der Waals surface area contributed by atoms with E-state index >= 15 is 0 Å². The highest BCUT2D eigenvalue weighted by Gasteiger charge is 2.18. The summed E-state index contributed by atoms with van der Waals surface area (Å²) in [5.74, 6) is 3.03. The zero-order valence-electron chi connectivity index (χ0n) is 26.2. The Hall–Kier alpha value is -2.66. The maximum Gasteiger partial charge on any atom is 0.303 e. The number of benzene rings is 2. The fourth-order valence-corrected chi connectivity index (χ4v) is 5.57. The highest BCUT2D eigenvalue weighted by molar-refractivity contribution is 5.87. The first kappa shape index (κ1) is 33.5. The molecule has 0 saturated carbocycles. The molecule has 40 heavy (non-hydrogen) atoms. The van der Waals surface area contributed by atoms with Crippen LogP contribution in [0.4, 0.5) is 0 Å². The molecule has 0 bridgehead atoms. The van der Waals surface area contributed by atoms with Gasteiger partial charge in [-0.05, 0) is 84.8 Å². The molecule has 0 unspecified atom stereocenters. The Morgan fingerprint density at radius 1 is 0.600 bits per heavy atom. The van der Waals surface area contributed by atoms with Gasteiger partial charge >= 0.3 is 5.87 Å². The van der Waals surface area contributed by atoms with E-state index in [9.17, 15) is 5.53 Å². The molecule has 0 aliphatic carbocycles. The molecule has 0 aliphatic heterocycles. The molecule has 0 aromatic heterocycles. The molecule has 0 heterocycles. The molecule has 0 spiro atoms. The van der Waals surface area contributed by atoms with Crippen LogP contribution < -0.4 is 0 Å². The van der Waals surface area contributed by atoms with E-state index in [4.69, 9.17) is 0 Å². The minimum atomic E-state index is 0.888. The first-order valence-electron chi connectivity index (χ1n) is 16.6. The van der Waals surface area contributed by atoms with Crippen LogP contribution in [0, 0.1) is 0 Å². The molecule has 0 N–H and O–H groups in total. The van der Waals surface area contributed by atoms with Gasteiger partial charge in [-0.15, -0.1) is 4.79 Å². The molecule has 2 rings (SSSR count). The van der Waals surface area contributed by atoms with Gasteiger partial charge in [0.05, 0.1) is 5.57 Å². The van der Waals surface area contributed by atoms with E-state index in [1.807, 2.05) is 0 Å². The lowest BCUT2D eigenvalue weighted by Gasteiger charge is -2.18. The van der Waals surface area contributed by atoms with E-state index in [0.717, 1.165) is 50.5 Å². The topological polar surface area (TPSA) is 36.4 Å². The van der Waals surface area contributed by atoms with Crippen LogP contribution in [0.2, 0.25) is 0 Å². The lowest BCUT2D eigenvalue weighted by atomic mass is 9.84. The normalized spacial score (nSPS) is 11.6. The lowest BCUT2D eigenvalue weighted by molar-refractivity contribution is 0.00739. The second kappa shape index (κ2) is 21.1. The molecule has 0 saturated heterocycles. The van der Waals surface area contributed by atoms with Crippen LogP contribution in [0.15, 0.2) is 59.7 Å². The highest BCUT2D eigenvalue weighted by Crippen LogP contribution is 2.35. The smallest absolute Gasteiger partial charge is 0.303 e. The maximum absolute atomic E-state index is 9.63. The molecule has 0 amide bonds. The predicted molar refractivity (Wildman–Crippen MR) is 175 cm³/mol. The summed E-state index contributed by atoms with van der Waals surface area (Å²) < 4.78 is 0. The zero-order chi connectivity index (χ0) is 28.8. The number of unbranched alkanes of at least 4 members (excludes halogenated alkanes) is 10. The number of allylic oxidation sites excluding steroid dienone is 2. The Balaban J connectivity index is 2.57. The Morgan fingerprint density at radius 2 is 1.23 bits per heavy atom. The summed E-state index contributed by atoms with van der Waals surface area (Å²) in [6, 6.07) is 18.5. The summed E-state index contributed by atoms with van der Waals surface area (Å²) in [6.07, 6.45) is 21.5. The standard InChI is InChI=1S/C38H56N2/c1-5-9-13-15-16-17-21-33-22-19-24-35(30-33)38(34-28-26-32(27-29-34)20-11-7-3)37(25-18-14-10-6-2)36(31-40-39)23-12-8-4/h19,22,24,26-30H,5-18,20-21,23,25H2,1-4H3.